The molecule has 0 bridgehead atoms. The lowest BCUT2D eigenvalue weighted by molar-refractivity contribution is 0.0492. The second kappa shape index (κ2) is 8.12. The lowest BCUT2D eigenvalue weighted by atomic mass is 10.1. The molecule has 27 heavy (non-hydrogen) atoms. The standard InChI is InChI=1S/C19H18ClNO5S/c1-2-25-19(22)18-12-14-11-13(3-8-17(14)26-18)9-10-21-27(23,24)16-6-4-15(20)5-7-16/h3-8,11-12,21H,2,9-10H2,1H3. The SMILES string of the molecule is CCOC(=O)c1cc2cc(CCNS(=O)(=O)c3ccc(Cl)cc3)ccc2o1. The van der Waals surface area contributed by atoms with Crippen LogP contribution in [0.4, 0.5) is 0 Å². The van der Waals surface area contributed by atoms with Crippen molar-refractivity contribution in [3.05, 3.63) is 64.9 Å². The van der Waals surface area contributed by atoms with E-state index in [9.17, 15) is 13.2 Å². The van der Waals surface area contributed by atoms with Gasteiger partial charge < -0.3 is 9.15 Å². The van der Waals surface area contributed by atoms with Crippen molar-refractivity contribution in [2.45, 2.75) is 18.2 Å². The van der Waals surface area contributed by atoms with Crippen molar-refractivity contribution in [1.29, 1.82) is 0 Å². The maximum Gasteiger partial charge on any atom is 0.374 e. The molecule has 0 aliphatic heterocycles. The first-order valence-electron chi connectivity index (χ1n) is 8.34. The van der Waals surface area contributed by atoms with Crippen LogP contribution in [0.2, 0.25) is 5.02 Å². The predicted octanol–water partition coefficient (Wildman–Crippen LogP) is 3.78. The van der Waals surface area contributed by atoms with E-state index in [4.69, 9.17) is 20.8 Å². The zero-order chi connectivity index (χ0) is 19.4. The maximum absolute atomic E-state index is 12.3. The summed E-state index contributed by atoms with van der Waals surface area (Å²) in [5.41, 5.74) is 1.49. The molecule has 0 radical (unpaired) electrons. The third-order valence-corrected chi connectivity index (χ3v) is 5.62. The van der Waals surface area contributed by atoms with Gasteiger partial charge in [0.15, 0.2) is 0 Å². The van der Waals surface area contributed by atoms with Gasteiger partial charge in [-0.15, -0.1) is 0 Å². The fraction of sp³-hybridized carbons (Fsp3) is 0.211. The maximum atomic E-state index is 12.3. The lowest BCUT2D eigenvalue weighted by Crippen LogP contribution is -2.25. The van der Waals surface area contributed by atoms with Crippen LogP contribution < -0.4 is 4.72 Å². The highest BCUT2D eigenvalue weighted by molar-refractivity contribution is 7.89. The summed E-state index contributed by atoms with van der Waals surface area (Å²) in [6.07, 6.45) is 0.489. The van der Waals surface area contributed by atoms with Gasteiger partial charge in [0.05, 0.1) is 11.5 Å². The number of furan rings is 1. The number of carbonyl (C=O) groups is 1. The third kappa shape index (κ3) is 4.68. The Morgan fingerprint density at radius 3 is 2.59 bits per heavy atom. The molecule has 2 aromatic carbocycles. The molecule has 0 amide bonds. The van der Waals surface area contributed by atoms with E-state index < -0.39 is 16.0 Å². The number of halogens is 1. The van der Waals surface area contributed by atoms with E-state index in [1.54, 1.807) is 19.1 Å². The van der Waals surface area contributed by atoms with E-state index in [2.05, 4.69) is 4.72 Å². The molecule has 0 aliphatic rings. The summed E-state index contributed by atoms with van der Waals surface area (Å²) in [5, 5.41) is 1.24. The van der Waals surface area contributed by atoms with Gasteiger partial charge in [-0.05, 0) is 61.4 Å². The van der Waals surface area contributed by atoms with Gasteiger partial charge in [0.25, 0.3) is 0 Å². The highest BCUT2D eigenvalue weighted by atomic mass is 35.5. The largest absolute Gasteiger partial charge is 0.460 e. The van der Waals surface area contributed by atoms with E-state index >= 15 is 0 Å². The number of fused-ring (bicyclic) bond motifs is 1. The molecule has 1 heterocycles. The molecule has 6 nitrogen and oxygen atoms in total. The number of nitrogens with one attached hydrogen (secondary N) is 1. The first-order valence-corrected chi connectivity index (χ1v) is 10.2. The van der Waals surface area contributed by atoms with Crippen LogP contribution in [0.5, 0.6) is 0 Å². The van der Waals surface area contributed by atoms with Crippen LogP contribution in [0.15, 0.2) is 57.8 Å². The molecular weight excluding hydrogens is 390 g/mol. The minimum absolute atomic E-state index is 0.146. The molecular formula is C19H18ClNO5S. The molecule has 0 aliphatic carbocycles. The number of sulfonamides is 1. The van der Waals surface area contributed by atoms with Crippen molar-refractivity contribution in [1.82, 2.24) is 4.72 Å². The number of hydrogen-bond donors (Lipinski definition) is 1. The van der Waals surface area contributed by atoms with Gasteiger partial charge in [-0.1, -0.05) is 17.7 Å². The topological polar surface area (TPSA) is 85.6 Å². The molecule has 0 saturated heterocycles. The second-order valence-corrected chi connectivity index (χ2v) is 8.01. The van der Waals surface area contributed by atoms with E-state index in [1.807, 2.05) is 12.1 Å². The van der Waals surface area contributed by atoms with E-state index in [-0.39, 0.29) is 23.8 Å². The van der Waals surface area contributed by atoms with Crippen LogP contribution in [0.1, 0.15) is 23.0 Å². The third-order valence-electron chi connectivity index (χ3n) is 3.89. The second-order valence-electron chi connectivity index (χ2n) is 5.80. The molecule has 1 N–H and O–H groups in total. The van der Waals surface area contributed by atoms with Crippen molar-refractivity contribution < 1.29 is 22.4 Å². The van der Waals surface area contributed by atoms with Gasteiger partial charge in [0, 0.05) is 17.0 Å². The summed E-state index contributed by atoms with van der Waals surface area (Å²) in [5.74, 6) is -0.363. The summed E-state index contributed by atoms with van der Waals surface area (Å²) in [6.45, 7) is 2.23. The predicted molar refractivity (Wildman–Crippen MR) is 103 cm³/mol. The van der Waals surface area contributed by atoms with Crippen LogP contribution in [0.3, 0.4) is 0 Å². The summed E-state index contributed by atoms with van der Waals surface area (Å²) >= 11 is 5.78. The number of ether oxygens (including phenoxy) is 1. The average Bonchev–Trinajstić information content (AvgIpc) is 3.06. The van der Waals surface area contributed by atoms with Gasteiger partial charge in [-0.2, -0.15) is 0 Å². The minimum atomic E-state index is -3.59. The monoisotopic (exact) mass is 407 g/mol. The van der Waals surface area contributed by atoms with E-state index in [0.29, 0.717) is 17.0 Å². The van der Waals surface area contributed by atoms with E-state index in [1.165, 1.54) is 24.3 Å². The van der Waals surface area contributed by atoms with Gasteiger partial charge in [0.2, 0.25) is 15.8 Å². The Morgan fingerprint density at radius 1 is 1.15 bits per heavy atom. The smallest absolute Gasteiger partial charge is 0.374 e. The van der Waals surface area contributed by atoms with Crippen LogP contribution in [-0.2, 0) is 21.2 Å². The zero-order valence-corrected chi connectivity index (χ0v) is 16.1. The first-order chi connectivity index (χ1) is 12.9. The highest BCUT2D eigenvalue weighted by Gasteiger charge is 2.15. The van der Waals surface area contributed by atoms with E-state index in [0.717, 1.165) is 10.9 Å². The van der Waals surface area contributed by atoms with Gasteiger partial charge in [0.1, 0.15) is 5.58 Å². The normalized spacial score (nSPS) is 11.6. The Morgan fingerprint density at radius 2 is 1.89 bits per heavy atom. The molecule has 3 aromatic rings. The van der Waals surface area contributed by atoms with Crippen molar-refractivity contribution in [2.24, 2.45) is 0 Å². The Bertz CT molecular complexity index is 1060. The molecule has 0 saturated carbocycles. The number of esters is 1. The number of hydrogen-bond acceptors (Lipinski definition) is 5. The van der Waals surface area contributed by atoms with Crippen molar-refractivity contribution in [3.8, 4) is 0 Å². The quantitative estimate of drug-likeness (QED) is 0.602. The first kappa shape index (κ1) is 19.4. The van der Waals surface area contributed by atoms with Gasteiger partial charge in [-0.25, -0.2) is 17.9 Å². The van der Waals surface area contributed by atoms with Gasteiger partial charge >= 0.3 is 5.97 Å². The molecule has 3 rings (SSSR count). The molecule has 142 valence electrons. The number of carbonyl (C=O) groups excluding carboxylic acids is 1. The average molecular weight is 408 g/mol. The van der Waals surface area contributed by atoms with Crippen LogP contribution in [0, 0.1) is 0 Å². The molecule has 1 aromatic heterocycles. The minimum Gasteiger partial charge on any atom is -0.460 e. The Balaban J connectivity index is 1.66. The Kier molecular flexibility index (Phi) is 5.84. The summed E-state index contributed by atoms with van der Waals surface area (Å²) in [7, 11) is -3.59. The van der Waals surface area contributed by atoms with Crippen LogP contribution in [-0.4, -0.2) is 27.5 Å². The molecule has 0 atom stereocenters. The van der Waals surface area contributed by atoms with Crippen LogP contribution in [0.25, 0.3) is 11.0 Å². The fourth-order valence-electron chi connectivity index (χ4n) is 2.58. The molecule has 8 heteroatoms. The summed E-state index contributed by atoms with van der Waals surface area (Å²) in [6, 6.07) is 13.0. The molecule has 0 unspecified atom stereocenters. The van der Waals surface area contributed by atoms with Crippen molar-refractivity contribution in [2.75, 3.05) is 13.2 Å². The molecule has 0 spiro atoms. The Hall–Kier alpha value is -2.35. The molecule has 0 fully saturated rings. The summed E-state index contributed by atoms with van der Waals surface area (Å²) in [4.78, 5) is 11.9. The highest BCUT2D eigenvalue weighted by Crippen LogP contribution is 2.22. The number of benzene rings is 2. The Labute approximate surface area is 162 Å². The van der Waals surface area contributed by atoms with Crippen molar-refractivity contribution in [3.63, 3.8) is 0 Å². The fourth-order valence-corrected chi connectivity index (χ4v) is 3.74. The number of rotatable bonds is 7. The van der Waals surface area contributed by atoms with Crippen LogP contribution >= 0.6 is 11.6 Å². The van der Waals surface area contributed by atoms with Crippen molar-refractivity contribution >= 4 is 38.6 Å². The zero-order valence-electron chi connectivity index (χ0n) is 14.6. The lowest BCUT2D eigenvalue weighted by Gasteiger charge is -2.07. The summed E-state index contributed by atoms with van der Waals surface area (Å²) < 4.78 is 37.5. The van der Waals surface area contributed by atoms with Gasteiger partial charge in [-0.3, -0.25) is 0 Å².